The molecule has 2 N–H and O–H groups in total. The number of thioether (sulfide) groups is 1. The highest BCUT2D eigenvalue weighted by atomic mass is 35.5. The summed E-state index contributed by atoms with van der Waals surface area (Å²) < 4.78 is 17.4. The van der Waals surface area contributed by atoms with Crippen LogP contribution in [-0.2, 0) is 15.3 Å². The second-order valence-electron chi connectivity index (χ2n) is 3.72. The first-order valence-electron chi connectivity index (χ1n) is 5.39. The fourth-order valence-corrected chi connectivity index (χ4v) is 2.48. The lowest BCUT2D eigenvalue weighted by Crippen LogP contribution is -2.31. The van der Waals surface area contributed by atoms with E-state index in [0.29, 0.717) is 12.2 Å². The summed E-state index contributed by atoms with van der Waals surface area (Å²) >= 11 is 7.28. The van der Waals surface area contributed by atoms with E-state index in [2.05, 4.69) is 4.74 Å². The van der Waals surface area contributed by atoms with Gasteiger partial charge in [-0.3, -0.25) is 4.79 Å². The van der Waals surface area contributed by atoms with Crippen molar-refractivity contribution in [3.05, 3.63) is 34.6 Å². The molecule has 0 saturated heterocycles. The maximum Gasteiger partial charge on any atom is 0.322 e. The molecule has 0 aliphatic rings. The zero-order valence-electron chi connectivity index (χ0n) is 9.99. The van der Waals surface area contributed by atoms with Gasteiger partial charge in [-0.15, -0.1) is 0 Å². The third kappa shape index (κ3) is 4.84. The van der Waals surface area contributed by atoms with E-state index < -0.39 is 17.8 Å². The van der Waals surface area contributed by atoms with Crippen molar-refractivity contribution in [1.29, 1.82) is 0 Å². The van der Waals surface area contributed by atoms with Crippen LogP contribution >= 0.6 is 23.4 Å². The van der Waals surface area contributed by atoms with Crippen LogP contribution in [0.4, 0.5) is 4.39 Å². The molecule has 0 aliphatic carbocycles. The van der Waals surface area contributed by atoms with Gasteiger partial charge in [0.25, 0.3) is 0 Å². The number of benzene rings is 1. The highest BCUT2D eigenvalue weighted by Gasteiger charge is 2.12. The Hall–Kier alpha value is -0.780. The van der Waals surface area contributed by atoms with Gasteiger partial charge >= 0.3 is 5.97 Å². The number of ether oxygens (including phenoxy) is 1. The predicted molar refractivity (Wildman–Crippen MR) is 72.2 cm³/mol. The lowest BCUT2D eigenvalue weighted by molar-refractivity contribution is -0.142. The molecule has 0 amide bonds. The van der Waals surface area contributed by atoms with Crippen molar-refractivity contribution < 1.29 is 13.9 Å². The lowest BCUT2D eigenvalue weighted by atomic mass is 10.2. The Morgan fingerprint density at radius 3 is 2.94 bits per heavy atom. The van der Waals surface area contributed by atoms with Gasteiger partial charge in [0, 0.05) is 5.75 Å². The molecule has 0 spiro atoms. The lowest BCUT2D eigenvalue weighted by Gasteiger charge is -2.08. The molecule has 1 aromatic carbocycles. The smallest absolute Gasteiger partial charge is 0.322 e. The maximum absolute atomic E-state index is 12.9. The first-order chi connectivity index (χ1) is 8.54. The van der Waals surface area contributed by atoms with Gasteiger partial charge in [0.1, 0.15) is 11.9 Å². The zero-order chi connectivity index (χ0) is 13.5. The topological polar surface area (TPSA) is 52.3 Å². The van der Waals surface area contributed by atoms with E-state index in [0.717, 1.165) is 11.3 Å². The minimum absolute atomic E-state index is 0.124. The van der Waals surface area contributed by atoms with Gasteiger partial charge in [-0.2, -0.15) is 11.8 Å². The Morgan fingerprint density at radius 1 is 1.61 bits per heavy atom. The molecule has 1 unspecified atom stereocenters. The van der Waals surface area contributed by atoms with Crippen LogP contribution in [0.1, 0.15) is 12.0 Å². The van der Waals surface area contributed by atoms with Crippen molar-refractivity contribution in [2.24, 2.45) is 5.73 Å². The summed E-state index contributed by atoms with van der Waals surface area (Å²) in [5, 5.41) is 0.124. The number of carbonyl (C=O) groups excluding carboxylic acids is 1. The first kappa shape index (κ1) is 15.3. The van der Waals surface area contributed by atoms with Crippen LogP contribution in [0.3, 0.4) is 0 Å². The van der Waals surface area contributed by atoms with Crippen molar-refractivity contribution in [3.8, 4) is 0 Å². The molecule has 0 heterocycles. The van der Waals surface area contributed by atoms with Gasteiger partial charge in [-0.05, 0) is 29.9 Å². The van der Waals surface area contributed by atoms with Crippen LogP contribution in [0.25, 0.3) is 0 Å². The molecule has 1 atom stereocenters. The van der Waals surface area contributed by atoms with Gasteiger partial charge in [0.05, 0.1) is 12.1 Å². The molecule has 1 aromatic rings. The van der Waals surface area contributed by atoms with E-state index in [1.165, 1.54) is 13.2 Å². The molecule has 3 nitrogen and oxygen atoms in total. The van der Waals surface area contributed by atoms with Crippen LogP contribution in [0.15, 0.2) is 18.2 Å². The second kappa shape index (κ2) is 7.61. The minimum atomic E-state index is -0.584. The third-order valence-corrected chi connectivity index (χ3v) is 3.68. The summed E-state index contributed by atoms with van der Waals surface area (Å²) in [4.78, 5) is 11.0. The average molecular weight is 292 g/mol. The fourth-order valence-electron chi connectivity index (χ4n) is 1.30. The number of hydrogen-bond acceptors (Lipinski definition) is 4. The Labute approximate surface area is 115 Å². The summed E-state index contributed by atoms with van der Waals surface area (Å²) in [5.41, 5.74) is 6.54. The summed E-state index contributed by atoms with van der Waals surface area (Å²) in [6, 6.07) is 4.05. The van der Waals surface area contributed by atoms with E-state index in [9.17, 15) is 9.18 Å². The van der Waals surface area contributed by atoms with Gasteiger partial charge < -0.3 is 10.5 Å². The number of nitrogens with two attached hydrogens (primary N) is 1. The van der Waals surface area contributed by atoms with Crippen molar-refractivity contribution >= 4 is 29.3 Å². The highest BCUT2D eigenvalue weighted by Crippen LogP contribution is 2.20. The van der Waals surface area contributed by atoms with Crippen molar-refractivity contribution in [1.82, 2.24) is 0 Å². The van der Waals surface area contributed by atoms with E-state index in [-0.39, 0.29) is 5.02 Å². The average Bonchev–Trinajstić information content (AvgIpc) is 2.37. The molecule has 1 rings (SSSR count). The molecular weight excluding hydrogens is 277 g/mol. The van der Waals surface area contributed by atoms with Crippen molar-refractivity contribution in [3.63, 3.8) is 0 Å². The number of esters is 1. The molecule has 0 aliphatic heterocycles. The van der Waals surface area contributed by atoms with Crippen molar-refractivity contribution in [2.45, 2.75) is 18.2 Å². The molecule has 0 fully saturated rings. The van der Waals surface area contributed by atoms with Crippen LogP contribution < -0.4 is 5.73 Å². The molecule has 6 heteroatoms. The van der Waals surface area contributed by atoms with E-state index >= 15 is 0 Å². The summed E-state index contributed by atoms with van der Waals surface area (Å²) in [7, 11) is 1.32. The second-order valence-corrected chi connectivity index (χ2v) is 5.23. The van der Waals surface area contributed by atoms with E-state index in [1.54, 1.807) is 23.9 Å². The van der Waals surface area contributed by atoms with Gasteiger partial charge in [0.15, 0.2) is 0 Å². The highest BCUT2D eigenvalue weighted by molar-refractivity contribution is 7.98. The molecule has 0 saturated carbocycles. The number of rotatable bonds is 6. The van der Waals surface area contributed by atoms with Crippen LogP contribution in [0.2, 0.25) is 5.02 Å². The monoisotopic (exact) mass is 291 g/mol. The normalized spacial score (nSPS) is 12.2. The van der Waals surface area contributed by atoms with E-state index in [4.69, 9.17) is 17.3 Å². The zero-order valence-corrected chi connectivity index (χ0v) is 11.6. The number of halogens is 2. The van der Waals surface area contributed by atoms with Crippen LogP contribution in [0.5, 0.6) is 0 Å². The first-order valence-corrected chi connectivity index (χ1v) is 6.93. The Bertz CT molecular complexity index is 417. The molecule has 18 heavy (non-hydrogen) atoms. The SMILES string of the molecule is COC(=O)C(N)CCSCc1ccc(F)c(Cl)c1. The van der Waals surface area contributed by atoms with Gasteiger partial charge in [-0.1, -0.05) is 17.7 Å². The summed E-state index contributed by atoms with van der Waals surface area (Å²) in [5.74, 6) is 0.609. The number of hydrogen-bond donors (Lipinski definition) is 1. The third-order valence-electron chi connectivity index (χ3n) is 2.33. The predicted octanol–water partition coefficient (Wildman–Crippen LogP) is 2.60. The largest absolute Gasteiger partial charge is 0.468 e. The van der Waals surface area contributed by atoms with Crippen molar-refractivity contribution in [2.75, 3.05) is 12.9 Å². The Kier molecular flexibility index (Phi) is 6.46. The number of methoxy groups -OCH3 is 1. The number of carbonyl (C=O) groups is 1. The van der Waals surface area contributed by atoms with Gasteiger partial charge in [-0.25, -0.2) is 4.39 Å². The summed E-state index contributed by atoms with van der Waals surface area (Å²) in [6.45, 7) is 0. The van der Waals surface area contributed by atoms with Crippen LogP contribution in [0, 0.1) is 5.82 Å². The van der Waals surface area contributed by atoms with Crippen LogP contribution in [-0.4, -0.2) is 24.9 Å². The molecular formula is C12H15ClFNO2S. The summed E-state index contributed by atoms with van der Waals surface area (Å²) in [6.07, 6.45) is 0.548. The molecule has 0 aromatic heterocycles. The Balaban J connectivity index is 2.29. The minimum Gasteiger partial charge on any atom is -0.468 e. The molecule has 100 valence electrons. The fraction of sp³-hybridized carbons (Fsp3) is 0.417. The maximum atomic E-state index is 12.9. The van der Waals surface area contributed by atoms with Gasteiger partial charge in [0.2, 0.25) is 0 Å². The Morgan fingerprint density at radius 2 is 2.33 bits per heavy atom. The standard InChI is InChI=1S/C12H15ClFNO2S/c1-17-12(16)11(15)4-5-18-7-8-2-3-10(14)9(13)6-8/h2-3,6,11H,4-5,7,15H2,1H3. The van der Waals surface area contributed by atoms with E-state index in [1.807, 2.05) is 0 Å². The molecule has 0 radical (unpaired) electrons. The quantitative estimate of drug-likeness (QED) is 0.646. The molecule has 0 bridgehead atoms.